The second-order valence-corrected chi connectivity index (χ2v) is 6.87. The Kier molecular flexibility index (Phi) is 3.47. The molecule has 4 N–H and O–H groups in total. The van der Waals surface area contributed by atoms with Gasteiger partial charge in [-0.05, 0) is 30.9 Å². The zero-order chi connectivity index (χ0) is 18.4. The minimum absolute atomic E-state index is 0.00670. The van der Waals surface area contributed by atoms with Gasteiger partial charge in [0.25, 0.3) is 0 Å². The number of nitrogens with zero attached hydrogens (tertiary/aromatic N) is 3. The van der Waals surface area contributed by atoms with E-state index in [0.29, 0.717) is 47.2 Å². The molecule has 0 saturated heterocycles. The molecule has 0 atom stereocenters. The topological polar surface area (TPSA) is 119 Å². The van der Waals surface area contributed by atoms with Crippen LogP contribution in [0, 0.1) is 11.3 Å². The smallest absolute Gasteiger partial charge is 0.231 e. The summed E-state index contributed by atoms with van der Waals surface area (Å²) >= 11 is 0. The predicted molar refractivity (Wildman–Crippen MR) is 102 cm³/mol. The number of carbonyl (C=O) groups excluding carboxylic acids is 1. The molecule has 134 valence electrons. The molecule has 2 aliphatic rings. The normalized spacial score (nSPS) is 15.7. The van der Waals surface area contributed by atoms with Crippen molar-refractivity contribution in [2.75, 3.05) is 16.0 Å². The zero-order valence-electron chi connectivity index (χ0n) is 14.5. The van der Waals surface area contributed by atoms with E-state index in [1.165, 1.54) is 0 Å². The number of anilines is 4. The van der Waals surface area contributed by atoms with Gasteiger partial charge in [-0.15, -0.1) is 0 Å². The van der Waals surface area contributed by atoms with Crippen LogP contribution in [0.5, 0.6) is 0 Å². The first-order chi connectivity index (χ1) is 13.2. The largest absolute Gasteiger partial charge is 0.367 e. The third-order valence-electron chi connectivity index (χ3n) is 4.85. The van der Waals surface area contributed by atoms with Crippen molar-refractivity contribution in [2.45, 2.75) is 31.7 Å². The fourth-order valence-corrected chi connectivity index (χ4v) is 3.33. The number of rotatable bonds is 4. The highest BCUT2D eigenvalue weighted by Gasteiger charge is 2.25. The van der Waals surface area contributed by atoms with E-state index in [4.69, 9.17) is 0 Å². The average Bonchev–Trinajstić information content (AvgIpc) is 3.38. The van der Waals surface area contributed by atoms with Crippen LogP contribution in [0.4, 0.5) is 23.1 Å². The van der Waals surface area contributed by atoms with Crippen molar-refractivity contribution >= 4 is 40.1 Å². The maximum absolute atomic E-state index is 11.8. The number of hydrogen-bond acceptors (Lipinski definition) is 6. The Morgan fingerprint density at radius 1 is 1.22 bits per heavy atom. The maximum Gasteiger partial charge on any atom is 0.231 e. The fraction of sp³-hybridized carbons (Fsp3) is 0.263. The number of aromatic amines is 1. The number of fused-ring (bicyclic) bond motifs is 2. The van der Waals surface area contributed by atoms with Crippen molar-refractivity contribution in [3.05, 3.63) is 35.5 Å². The minimum Gasteiger partial charge on any atom is -0.367 e. The first-order valence-electron chi connectivity index (χ1n) is 8.96. The van der Waals surface area contributed by atoms with Crippen LogP contribution in [0.1, 0.15) is 30.4 Å². The summed E-state index contributed by atoms with van der Waals surface area (Å²) in [5, 5.41) is 19.6. The van der Waals surface area contributed by atoms with E-state index in [-0.39, 0.29) is 5.91 Å². The Bertz CT molecular complexity index is 1110. The number of nitriles is 1. The number of amides is 1. The molecule has 0 bridgehead atoms. The summed E-state index contributed by atoms with van der Waals surface area (Å²) in [4.78, 5) is 24.0. The fourth-order valence-electron chi connectivity index (χ4n) is 3.33. The summed E-state index contributed by atoms with van der Waals surface area (Å²) in [5.74, 6) is 1.06. The molecule has 1 saturated carbocycles. The second-order valence-electron chi connectivity index (χ2n) is 6.87. The number of hydrogen-bond donors (Lipinski definition) is 4. The van der Waals surface area contributed by atoms with Gasteiger partial charge in [-0.1, -0.05) is 12.1 Å². The molecule has 27 heavy (non-hydrogen) atoms. The van der Waals surface area contributed by atoms with Gasteiger partial charge in [-0.25, -0.2) is 0 Å². The number of benzene rings is 1. The molecule has 3 aromatic rings. The molecule has 2 aromatic heterocycles. The summed E-state index contributed by atoms with van der Waals surface area (Å²) in [7, 11) is 0. The Hall–Kier alpha value is -3.60. The number of carbonyl (C=O) groups is 1. The Morgan fingerprint density at radius 2 is 2.11 bits per heavy atom. The molecule has 3 heterocycles. The summed E-state index contributed by atoms with van der Waals surface area (Å²) in [5.41, 5.74) is 3.73. The lowest BCUT2D eigenvalue weighted by Crippen LogP contribution is -2.20. The number of para-hydroxylation sites is 1. The predicted octanol–water partition coefficient (Wildman–Crippen LogP) is 3.03. The second kappa shape index (κ2) is 5.99. The highest BCUT2D eigenvalue weighted by atomic mass is 16.1. The molecule has 0 spiro atoms. The van der Waals surface area contributed by atoms with Crippen LogP contribution in [-0.2, 0) is 11.2 Å². The van der Waals surface area contributed by atoms with Crippen molar-refractivity contribution in [3.63, 3.8) is 0 Å². The van der Waals surface area contributed by atoms with Crippen LogP contribution in [0.15, 0.2) is 24.4 Å². The van der Waals surface area contributed by atoms with E-state index in [2.05, 4.69) is 37.0 Å². The summed E-state index contributed by atoms with van der Waals surface area (Å²) in [6, 6.07) is 8.42. The molecule has 1 aliphatic heterocycles. The summed E-state index contributed by atoms with van der Waals surface area (Å²) in [6.45, 7) is 0. The molecule has 5 rings (SSSR count). The molecule has 1 fully saturated rings. The van der Waals surface area contributed by atoms with Crippen molar-refractivity contribution in [2.24, 2.45) is 0 Å². The van der Waals surface area contributed by atoms with Gasteiger partial charge in [0.05, 0.1) is 22.3 Å². The standard InChI is InChI=1S/C19H17N7O/c20-8-11-9-21-17-15(11)18(22-12-5-6-12)26-19(25-17)23-13-3-1-2-10-4-7-14(27)24-16(10)13/h1-3,9,12H,4-7H2,(H,24,27)(H3,21,22,23,25,26). The van der Waals surface area contributed by atoms with Gasteiger partial charge in [-0.3, -0.25) is 4.79 Å². The summed E-state index contributed by atoms with van der Waals surface area (Å²) in [6.07, 6.45) is 5.05. The average molecular weight is 359 g/mol. The Balaban J connectivity index is 1.56. The van der Waals surface area contributed by atoms with Gasteiger partial charge in [-0.2, -0.15) is 15.2 Å². The molecular formula is C19H17N7O. The van der Waals surface area contributed by atoms with Gasteiger partial charge in [0.15, 0.2) is 0 Å². The lowest BCUT2D eigenvalue weighted by Gasteiger charge is -2.20. The van der Waals surface area contributed by atoms with Gasteiger partial charge in [0.2, 0.25) is 11.9 Å². The van der Waals surface area contributed by atoms with Crippen LogP contribution in [0.25, 0.3) is 11.0 Å². The monoisotopic (exact) mass is 359 g/mol. The van der Waals surface area contributed by atoms with Crippen molar-refractivity contribution in [1.82, 2.24) is 15.0 Å². The molecule has 1 aromatic carbocycles. The molecule has 8 nitrogen and oxygen atoms in total. The van der Waals surface area contributed by atoms with Crippen molar-refractivity contribution in [3.8, 4) is 6.07 Å². The van der Waals surface area contributed by atoms with Crippen LogP contribution in [-0.4, -0.2) is 26.9 Å². The first kappa shape index (κ1) is 15.6. The van der Waals surface area contributed by atoms with Crippen LogP contribution in [0.2, 0.25) is 0 Å². The van der Waals surface area contributed by atoms with E-state index in [0.717, 1.165) is 29.8 Å². The molecule has 1 aliphatic carbocycles. The Labute approximate surface area is 155 Å². The lowest BCUT2D eigenvalue weighted by molar-refractivity contribution is -0.116. The lowest BCUT2D eigenvalue weighted by atomic mass is 10.0. The Morgan fingerprint density at radius 3 is 2.93 bits per heavy atom. The zero-order valence-corrected chi connectivity index (χ0v) is 14.5. The molecule has 0 unspecified atom stereocenters. The van der Waals surface area contributed by atoms with E-state index < -0.39 is 0 Å². The highest BCUT2D eigenvalue weighted by Crippen LogP contribution is 2.34. The SMILES string of the molecule is N#Cc1c[nH]c2nc(Nc3cccc4c3NC(=O)CC4)nc(NC3CC3)c12. The van der Waals surface area contributed by atoms with Gasteiger partial charge in [0, 0.05) is 18.7 Å². The maximum atomic E-state index is 11.8. The van der Waals surface area contributed by atoms with Gasteiger partial charge in [0.1, 0.15) is 17.5 Å². The molecule has 1 amide bonds. The number of aromatic nitrogens is 3. The van der Waals surface area contributed by atoms with E-state index in [1.807, 2.05) is 18.2 Å². The number of H-pyrrole nitrogens is 1. The van der Waals surface area contributed by atoms with E-state index in [9.17, 15) is 10.1 Å². The van der Waals surface area contributed by atoms with Gasteiger partial charge < -0.3 is 20.9 Å². The highest BCUT2D eigenvalue weighted by molar-refractivity contribution is 5.98. The quantitative estimate of drug-likeness (QED) is 0.568. The third kappa shape index (κ3) is 2.83. The van der Waals surface area contributed by atoms with Crippen LogP contribution < -0.4 is 16.0 Å². The van der Waals surface area contributed by atoms with E-state index >= 15 is 0 Å². The van der Waals surface area contributed by atoms with Crippen molar-refractivity contribution < 1.29 is 4.79 Å². The first-order valence-corrected chi connectivity index (χ1v) is 8.96. The summed E-state index contributed by atoms with van der Waals surface area (Å²) < 4.78 is 0. The number of aryl methyl sites for hydroxylation is 1. The van der Waals surface area contributed by atoms with Crippen LogP contribution >= 0.6 is 0 Å². The third-order valence-corrected chi connectivity index (χ3v) is 4.85. The molecule has 0 radical (unpaired) electrons. The number of nitrogens with one attached hydrogen (secondary N) is 4. The molecule has 8 heteroatoms. The van der Waals surface area contributed by atoms with Crippen LogP contribution in [0.3, 0.4) is 0 Å². The minimum atomic E-state index is 0.00670. The van der Waals surface area contributed by atoms with E-state index in [1.54, 1.807) is 6.20 Å². The van der Waals surface area contributed by atoms with Crippen molar-refractivity contribution in [1.29, 1.82) is 5.26 Å². The molecular weight excluding hydrogens is 342 g/mol. The van der Waals surface area contributed by atoms with Gasteiger partial charge >= 0.3 is 0 Å².